The molecular formula is C22H22FNO4. The molecule has 6 heteroatoms. The molecule has 0 fully saturated rings. The van der Waals surface area contributed by atoms with Crippen LogP contribution in [0.4, 0.5) is 4.39 Å². The lowest BCUT2D eigenvalue weighted by Gasteiger charge is -2.30. The molecule has 2 aromatic rings. The van der Waals surface area contributed by atoms with Gasteiger partial charge in [0.05, 0.1) is 11.1 Å². The average molecular weight is 383 g/mol. The summed E-state index contributed by atoms with van der Waals surface area (Å²) in [7, 11) is 1.68. The van der Waals surface area contributed by atoms with E-state index in [0.717, 1.165) is 29.8 Å². The van der Waals surface area contributed by atoms with E-state index in [2.05, 4.69) is 4.90 Å². The topological polar surface area (TPSA) is 48.0 Å². The van der Waals surface area contributed by atoms with Crippen LogP contribution >= 0.6 is 0 Å². The van der Waals surface area contributed by atoms with Gasteiger partial charge in [0.15, 0.2) is 5.76 Å². The van der Waals surface area contributed by atoms with E-state index >= 15 is 0 Å². The van der Waals surface area contributed by atoms with Crippen molar-refractivity contribution >= 4 is 11.9 Å². The largest absolute Gasteiger partial charge is 0.478 e. The molecule has 28 heavy (non-hydrogen) atoms. The molecule has 0 radical (unpaired) electrons. The number of fused-ring (bicyclic) bond motifs is 3. The third kappa shape index (κ3) is 3.53. The highest BCUT2D eigenvalue weighted by Gasteiger charge is 2.35. The second kappa shape index (κ2) is 7.73. The number of rotatable bonds is 5. The molecule has 2 aliphatic rings. The first-order valence-corrected chi connectivity index (χ1v) is 9.27. The minimum Gasteiger partial charge on any atom is -0.478 e. The highest BCUT2D eigenvalue weighted by Crippen LogP contribution is 2.44. The number of hydrogen-bond donors (Lipinski definition) is 0. The molecule has 2 aliphatic heterocycles. The zero-order chi connectivity index (χ0) is 19.7. The van der Waals surface area contributed by atoms with Crippen LogP contribution in [-0.4, -0.2) is 37.7 Å². The van der Waals surface area contributed by atoms with Crippen LogP contribution < -0.4 is 9.47 Å². The molecule has 0 N–H and O–H groups in total. The molecule has 0 unspecified atom stereocenters. The van der Waals surface area contributed by atoms with Gasteiger partial charge in [0.2, 0.25) is 5.78 Å². The van der Waals surface area contributed by atoms with Crippen molar-refractivity contribution in [2.24, 2.45) is 0 Å². The monoisotopic (exact) mass is 383 g/mol. The summed E-state index contributed by atoms with van der Waals surface area (Å²) in [6.45, 7) is 4.53. The number of Topliss-reactive ketones (excluding diaryl/α,β-unsaturated/α-hetero) is 1. The molecular weight excluding hydrogens is 361 g/mol. The Morgan fingerprint density at radius 2 is 2.18 bits per heavy atom. The first-order valence-electron chi connectivity index (χ1n) is 9.27. The summed E-state index contributed by atoms with van der Waals surface area (Å²) >= 11 is 0. The van der Waals surface area contributed by atoms with Crippen LogP contribution in [0.1, 0.15) is 33.5 Å². The number of allylic oxidation sites excluding steroid dienone is 1. The van der Waals surface area contributed by atoms with Crippen molar-refractivity contribution in [3.8, 4) is 11.5 Å². The standard InChI is InChI=1S/C22H22FNO4/c1-14-9-18-17(12-24(13-27-18)7-4-8-26-2)22-20(14)21(25)19(28-22)11-15-5-3-6-16(23)10-15/h3,5-6,9-11H,4,7-8,12-13H2,1-2H3/b19-11-. The lowest BCUT2D eigenvalue weighted by molar-refractivity contribution is 0.0822. The fourth-order valence-electron chi connectivity index (χ4n) is 3.60. The minimum atomic E-state index is -0.356. The van der Waals surface area contributed by atoms with Crippen LogP contribution in [0.25, 0.3) is 6.08 Å². The van der Waals surface area contributed by atoms with Crippen LogP contribution in [0.3, 0.4) is 0 Å². The Morgan fingerprint density at radius 1 is 1.32 bits per heavy atom. The fourth-order valence-corrected chi connectivity index (χ4v) is 3.60. The SMILES string of the molecule is COCCCN1COc2cc(C)c3c(c2C1)O/C(=C\c1cccc(F)c1)C3=O. The van der Waals surface area contributed by atoms with Crippen molar-refractivity contribution in [1.29, 1.82) is 0 Å². The van der Waals surface area contributed by atoms with E-state index in [1.54, 1.807) is 25.3 Å². The van der Waals surface area contributed by atoms with Crippen LogP contribution in [0, 0.1) is 12.7 Å². The molecule has 146 valence electrons. The van der Waals surface area contributed by atoms with Gasteiger partial charge >= 0.3 is 0 Å². The van der Waals surface area contributed by atoms with Crippen LogP contribution in [-0.2, 0) is 11.3 Å². The van der Waals surface area contributed by atoms with Crippen molar-refractivity contribution < 1.29 is 23.4 Å². The van der Waals surface area contributed by atoms with Gasteiger partial charge < -0.3 is 14.2 Å². The number of aryl methyl sites for hydroxylation is 1. The number of nitrogens with zero attached hydrogens (tertiary/aromatic N) is 1. The lowest BCUT2D eigenvalue weighted by Crippen LogP contribution is -2.33. The molecule has 0 atom stereocenters. The fraction of sp³-hybridized carbons (Fsp3) is 0.318. The first-order chi connectivity index (χ1) is 13.6. The van der Waals surface area contributed by atoms with Gasteiger partial charge in [0, 0.05) is 26.8 Å². The Balaban J connectivity index is 1.65. The molecule has 0 amide bonds. The van der Waals surface area contributed by atoms with Gasteiger partial charge in [-0.2, -0.15) is 0 Å². The summed E-state index contributed by atoms with van der Waals surface area (Å²) < 4.78 is 30.5. The molecule has 0 spiro atoms. The van der Waals surface area contributed by atoms with E-state index in [0.29, 0.717) is 36.8 Å². The highest BCUT2D eigenvalue weighted by atomic mass is 19.1. The van der Waals surface area contributed by atoms with Crippen LogP contribution in [0.2, 0.25) is 0 Å². The van der Waals surface area contributed by atoms with E-state index in [-0.39, 0.29) is 17.4 Å². The molecule has 0 saturated heterocycles. The van der Waals surface area contributed by atoms with Crippen LogP contribution in [0.5, 0.6) is 11.5 Å². The molecule has 4 rings (SSSR count). The molecule has 2 aromatic carbocycles. The Hall–Kier alpha value is -2.70. The number of benzene rings is 2. The molecule has 2 heterocycles. The summed E-state index contributed by atoms with van der Waals surface area (Å²) in [5.74, 6) is 0.966. The summed E-state index contributed by atoms with van der Waals surface area (Å²) in [6, 6.07) is 7.97. The number of ether oxygens (including phenoxy) is 3. The summed E-state index contributed by atoms with van der Waals surface area (Å²) in [4.78, 5) is 15.1. The predicted octanol–water partition coefficient (Wildman–Crippen LogP) is 3.94. The van der Waals surface area contributed by atoms with E-state index in [4.69, 9.17) is 14.2 Å². The van der Waals surface area contributed by atoms with Crippen molar-refractivity contribution in [3.05, 3.63) is 64.2 Å². The maximum atomic E-state index is 13.5. The van der Waals surface area contributed by atoms with Gasteiger partial charge in [-0.05, 0) is 48.7 Å². The van der Waals surface area contributed by atoms with Crippen molar-refractivity contribution in [1.82, 2.24) is 4.90 Å². The van der Waals surface area contributed by atoms with Crippen molar-refractivity contribution in [2.45, 2.75) is 19.9 Å². The summed E-state index contributed by atoms with van der Waals surface area (Å²) in [5.41, 5.74) is 2.83. The van der Waals surface area contributed by atoms with Crippen LogP contribution in [0.15, 0.2) is 36.1 Å². The number of hydrogen-bond acceptors (Lipinski definition) is 5. The van der Waals surface area contributed by atoms with Crippen molar-refractivity contribution in [2.75, 3.05) is 27.0 Å². The molecule has 0 bridgehead atoms. The van der Waals surface area contributed by atoms with Gasteiger partial charge in [-0.25, -0.2) is 4.39 Å². The number of carbonyl (C=O) groups is 1. The maximum Gasteiger partial charge on any atom is 0.232 e. The predicted molar refractivity (Wildman–Crippen MR) is 103 cm³/mol. The Bertz CT molecular complexity index is 954. The zero-order valence-corrected chi connectivity index (χ0v) is 16.0. The number of carbonyl (C=O) groups excluding carboxylic acids is 1. The van der Waals surface area contributed by atoms with Gasteiger partial charge in [0.1, 0.15) is 24.0 Å². The van der Waals surface area contributed by atoms with E-state index < -0.39 is 0 Å². The average Bonchev–Trinajstić information content (AvgIpc) is 3.00. The summed E-state index contributed by atoms with van der Waals surface area (Å²) in [6.07, 6.45) is 2.48. The van der Waals surface area contributed by atoms with Crippen molar-refractivity contribution in [3.63, 3.8) is 0 Å². The van der Waals surface area contributed by atoms with E-state index in [1.807, 2.05) is 13.0 Å². The maximum absolute atomic E-state index is 13.5. The van der Waals surface area contributed by atoms with Gasteiger partial charge in [-0.3, -0.25) is 9.69 Å². The molecule has 5 nitrogen and oxygen atoms in total. The third-order valence-corrected chi connectivity index (χ3v) is 4.96. The smallest absolute Gasteiger partial charge is 0.232 e. The van der Waals surface area contributed by atoms with Gasteiger partial charge in [-0.1, -0.05) is 12.1 Å². The number of halogens is 1. The zero-order valence-electron chi connectivity index (χ0n) is 16.0. The number of ketones is 1. The lowest BCUT2D eigenvalue weighted by atomic mass is 9.98. The molecule has 0 aliphatic carbocycles. The Labute approximate surface area is 163 Å². The van der Waals surface area contributed by atoms with Gasteiger partial charge in [0.25, 0.3) is 0 Å². The second-order valence-electron chi connectivity index (χ2n) is 7.04. The Kier molecular flexibility index (Phi) is 5.15. The second-order valence-corrected chi connectivity index (χ2v) is 7.04. The Morgan fingerprint density at radius 3 is 2.96 bits per heavy atom. The normalized spacial score (nSPS) is 17.2. The summed E-state index contributed by atoms with van der Waals surface area (Å²) in [5, 5.41) is 0. The first kappa shape index (κ1) is 18.7. The van der Waals surface area contributed by atoms with E-state index in [9.17, 15) is 9.18 Å². The number of methoxy groups -OCH3 is 1. The minimum absolute atomic E-state index is 0.184. The molecule has 0 saturated carbocycles. The highest BCUT2D eigenvalue weighted by molar-refractivity contribution is 6.15. The molecule has 0 aromatic heterocycles. The quantitative estimate of drug-likeness (QED) is 0.578. The van der Waals surface area contributed by atoms with E-state index in [1.165, 1.54) is 12.1 Å². The third-order valence-electron chi connectivity index (χ3n) is 4.96. The van der Waals surface area contributed by atoms with Gasteiger partial charge in [-0.15, -0.1) is 0 Å².